The van der Waals surface area contributed by atoms with Crippen LogP contribution in [0.1, 0.15) is 18.9 Å². The summed E-state index contributed by atoms with van der Waals surface area (Å²) in [6.07, 6.45) is -1.04. The zero-order valence-electron chi connectivity index (χ0n) is 9.54. The third kappa shape index (κ3) is 4.00. The minimum atomic E-state index is -1.11. The van der Waals surface area contributed by atoms with Crippen LogP contribution in [0.3, 0.4) is 0 Å². The van der Waals surface area contributed by atoms with E-state index in [1.54, 1.807) is 5.48 Å². The third-order valence-electron chi connectivity index (χ3n) is 1.95. The van der Waals surface area contributed by atoms with Crippen LogP contribution >= 0.6 is 0 Å². The lowest BCUT2D eigenvalue weighted by Crippen LogP contribution is -2.27. The zero-order valence-corrected chi connectivity index (χ0v) is 9.54. The second kappa shape index (κ2) is 6.53. The van der Waals surface area contributed by atoms with Gasteiger partial charge in [-0.25, -0.2) is 18.4 Å². The van der Waals surface area contributed by atoms with Gasteiger partial charge in [-0.3, -0.25) is 0 Å². The van der Waals surface area contributed by atoms with Crippen molar-refractivity contribution in [3.8, 4) is 0 Å². The molecule has 1 rings (SSSR count). The number of carbonyl (C=O) groups is 2. The molecule has 0 radical (unpaired) electrons. The predicted molar refractivity (Wildman–Crippen MR) is 56.1 cm³/mol. The number of halogens is 2. The quantitative estimate of drug-likeness (QED) is 0.844. The van der Waals surface area contributed by atoms with Crippen LogP contribution < -0.4 is 5.48 Å². The monoisotopic (exact) mass is 259 g/mol. The van der Waals surface area contributed by atoms with Gasteiger partial charge >= 0.3 is 12.1 Å². The molecule has 0 aliphatic heterocycles. The lowest BCUT2D eigenvalue weighted by Gasteiger charge is -2.07. The van der Waals surface area contributed by atoms with E-state index >= 15 is 0 Å². The van der Waals surface area contributed by atoms with Crippen molar-refractivity contribution in [3.05, 3.63) is 35.4 Å². The Kier molecular flexibility index (Phi) is 5.04. The maximum absolute atomic E-state index is 13.1. The van der Waals surface area contributed by atoms with Crippen LogP contribution in [-0.2, 0) is 21.0 Å². The Bertz CT molecular complexity index is 430. The first-order valence-electron chi connectivity index (χ1n) is 5.10. The molecule has 0 saturated carbocycles. The van der Waals surface area contributed by atoms with Crippen molar-refractivity contribution in [2.45, 2.75) is 20.0 Å². The highest BCUT2D eigenvalue weighted by Crippen LogP contribution is 2.12. The number of ether oxygens (including phenoxy) is 1. The molecule has 0 heterocycles. The highest BCUT2D eigenvalue weighted by atomic mass is 19.1. The second-order valence-corrected chi connectivity index (χ2v) is 3.21. The Hall–Kier alpha value is -2.18. The van der Waals surface area contributed by atoms with Gasteiger partial charge in [-0.15, -0.1) is 5.48 Å². The summed E-state index contributed by atoms with van der Waals surface area (Å²) >= 11 is 0. The van der Waals surface area contributed by atoms with Crippen molar-refractivity contribution in [2.75, 3.05) is 0 Å². The third-order valence-corrected chi connectivity index (χ3v) is 1.95. The number of benzene rings is 1. The van der Waals surface area contributed by atoms with Crippen LogP contribution in [0, 0.1) is 11.6 Å². The fraction of sp³-hybridized carbons (Fsp3) is 0.273. The normalized spacial score (nSPS) is 9.72. The van der Waals surface area contributed by atoms with Gasteiger partial charge in [0.1, 0.15) is 18.2 Å². The van der Waals surface area contributed by atoms with Gasteiger partial charge in [0.15, 0.2) is 0 Å². The molecule has 18 heavy (non-hydrogen) atoms. The summed E-state index contributed by atoms with van der Waals surface area (Å²) in [5.74, 6) is -2.31. The number of carbonyl (C=O) groups excluding carboxylic acids is 2. The highest BCUT2D eigenvalue weighted by molar-refractivity contribution is 5.72. The SMILES string of the molecule is CCC(=O)ONC(=O)OCc1c(F)cccc1F. The molecule has 5 nitrogen and oxygen atoms in total. The summed E-state index contributed by atoms with van der Waals surface area (Å²) in [5, 5.41) is 0. The van der Waals surface area contributed by atoms with Crippen LogP contribution in [0.4, 0.5) is 13.6 Å². The van der Waals surface area contributed by atoms with Crippen molar-refractivity contribution in [1.82, 2.24) is 5.48 Å². The van der Waals surface area contributed by atoms with Crippen molar-refractivity contribution in [2.24, 2.45) is 0 Å². The van der Waals surface area contributed by atoms with Crippen molar-refractivity contribution >= 4 is 12.1 Å². The van der Waals surface area contributed by atoms with E-state index in [1.165, 1.54) is 13.0 Å². The number of hydrogen-bond donors (Lipinski definition) is 1. The molecule has 0 spiro atoms. The van der Waals surface area contributed by atoms with E-state index in [0.717, 1.165) is 12.1 Å². The molecule has 1 N–H and O–H groups in total. The van der Waals surface area contributed by atoms with Crippen LogP contribution in [0.5, 0.6) is 0 Å². The lowest BCUT2D eigenvalue weighted by molar-refractivity contribution is -0.149. The van der Waals surface area contributed by atoms with E-state index < -0.39 is 30.3 Å². The molecule has 0 aromatic heterocycles. The second-order valence-electron chi connectivity index (χ2n) is 3.21. The van der Waals surface area contributed by atoms with Crippen molar-refractivity contribution in [1.29, 1.82) is 0 Å². The van der Waals surface area contributed by atoms with Crippen LogP contribution in [0.2, 0.25) is 0 Å². The minimum absolute atomic E-state index is 0.0716. The fourth-order valence-electron chi connectivity index (χ4n) is 1.01. The number of rotatable bonds is 3. The highest BCUT2D eigenvalue weighted by Gasteiger charge is 2.12. The fourth-order valence-corrected chi connectivity index (χ4v) is 1.01. The molecule has 1 aromatic carbocycles. The molecule has 0 aliphatic rings. The number of amides is 1. The first-order valence-corrected chi connectivity index (χ1v) is 5.10. The Morgan fingerprint density at radius 2 is 1.89 bits per heavy atom. The number of hydroxylamine groups is 1. The Balaban J connectivity index is 2.45. The van der Waals surface area contributed by atoms with Gasteiger partial charge < -0.3 is 9.57 Å². The summed E-state index contributed by atoms with van der Waals surface area (Å²) in [5.41, 5.74) is 1.31. The smallest absolute Gasteiger partial charge is 0.441 e. The first-order chi connectivity index (χ1) is 8.54. The van der Waals surface area contributed by atoms with Gasteiger partial charge in [0, 0.05) is 6.42 Å². The molecule has 0 atom stereocenters. The molecule has 1 amide bonds. The topological polar surface area (TPSA) is 64.6 Å². The van der Waals surface area contributed by atoms with Crippen molar-refractivity contribution in [3.63, 3.8) is 0 Å². The van der Waals surface area contributed by atoms with Gasteiger partial charge in [0.05, 0.1) is 5.56 Å². The van der Waals surface area contributed by atoms with E-state index in [1.807, 2.05) is 0 Å². The summed E-state index contributed by atoms with van der Waals surface area (Å²) in [7, 11) is 0. The van der Waals surface area contributed by atoms with E-state index in [4.69, 9.17) is 0 Å². The van der Waals surface area contributed by atoms with Gasteiger partial charge in [0.25, 0.3) is 0 Å². The van der Waals surface area contributed by atoms with Gasteiger partial charge in [-0.05, 0) is 12.1 Å². The average Bonchev–Trinajstić information content (AvgIpc) is 2.35. The lowest BCUT2D eigenvalue weighted by atomic mass is 10.2. The average molecular weight is 259 g/mol. The van der Waals surface area contributed by atoms with E-state index in [0.29, 0.717) is 0 Å². The van der Waals surface area contributed by atoms with Gasteiger partial charge in [-0.2, -0.15) is 0 Å². The summed E-state index contributed by atoms with van der Waals surface area (Å²) in [6, 6.07) is 3.27. The van der Waals surface area contributed by atoms with Crippen LogP contribution in [0.15, 0.2) is 18.2 Å². The molecular formula is C11H11F2NO4. The largest absolute Gasteiger partial charge is 0.442 e. The van der Waals surface area contributed by atoms with Crippen LogP contribution in [0.25, 0.3) is 0 Å². The Morgan fingerprint density at radius 1 is 1.28 bits per heavy atom. The maximum atomic E-state index is 13.1. The predicted octanol–water partition coefficient (Wildman–Crippen LogP) is 2.06. The Morgan fingerprint density at radius 3 is 2.44 bits per heavy atom. The standard InChI is InChI=1S/C11H11F2NO4/c1-2-10(15)18-14-11(16)17-6-7-8(12)4-3-5-9(7)13/h3-5H,2,6H2,1H3,(H,14,16). The maximum Gasteiger partial charge on any atom is 0.441 e. The number of hydrogen-bond acceptors (Lipinski definition) is 4. The van der Waals surface area contributed by atoms with Gasteiger partial charge in [0.2, 0.25) is 0 Å². The Labute approximate surface area is 102 Å². The summed E-state index contributed by atoms with van der Waals surface area (Å²) in [4.78, 5) is 25.9. The summed E-state index contributed by atoms with van der Waals surface area (Å²) < 4.78 is 30.7. The molecule has 0 saturated heterocycles. The molecule has 0 unspecified atom stereocenters. The molecule has 1 aromatic rings. The molecule has 0 fully saturated rings. The molecule has 7 heteroatoms. The molecule has 0 bridgehead atoms. The van der Waals surface area contributed by atoms with Crippen LogP contribution in [-0.4, -0.2) is 12.1 Å². The first kappa shape index (κ1) is 13.9. The van der Waals surface area contributed by atoms with E-state index in [2.05, 4.69) is 9.57 Å². The van der Waals surface area contributed by atoms with Gasteiger partial charge in [-0.1, -0.05) is 13.0 Å². The van der Waals surface area contributed by atoms with Crippen molar-refractivity contribution < 1.29 is 27.9 Å². The minimum Gasteiger partial charge on any atom is -0.442 e. The summed E-state index contributed by atoms with van der Waals surface area (Å²) in [6.45, 7) is 0.929. The van der Waals surface area contributed by atoms with E-state index in [9.17, 15) is 18.4 Å². The number of nitrogens with one attached hydrogen (secondary N) is 1. The molecular weight excluding hydrogens is 248 g/mol. The molecule has 0 aliphatic carbocycles. The zero-order chi connectivity index (χ0) is 13.5. The molecule has 98 valence electrons. The van der Waals surface area contributed by atoms with E-state index in [-0.39, 0.29) is 12.0 Å².